The molecular formula is C8H6ClFN2O. The van der Waals surface area contributed by atoms with Crippen LogP contribution in [0.4, 0.5) is 4.39 Å². The Morgan fingerprint density at radius 1 is 1.62 bits per heavy atom. The molecule has 0 bridgehead atoms. The molecule has 0 spiro atoms. The van der Waals surface area contributed by atoms with Crippen LogP contribution in [-0.2, 0) is 0 Å². The Labute approximate surface area is 78.7 Å². The number of hydrogen-bond donors (Lipinski definition) is 0. The molecule has 0 amide bonds. The van der Waals surface area contributed by atoms with Crippen LogP contribution in [0.15, 0.2) is 18.6 Å². The SMILES string of the molecule is COc1c(Cl)c(F)cc2cncn12. The summed E-state index contributed by atoms with van der Waals surface area (Å²) < 4.78 is 19.6. The van der Waals surface area contributed by atoms with Gasteiger partial charge in [-0.3, -0.25) is 4.40 Å². The summed E-state index contributed by atoms with van der Waals surface area (Å²) in [6, 6.07) is 1.30. The summed E-state index contributed by atoms with van der Waals surface area (Å²) in [5, 5.41) is -0.0343. The van der Waals surface area contributed by atoms with Gasteiger partial charge in [0.25, 0.3) is 0 Å². The molecule has 0 atom stereocenters. The zero-order chi connectivity index (χ0) is 9.42. The molecule has 68 valence electrons. The summed E-state index contributed by atoms with van der Waals surface area (Å²) in [6.45, 7) is 0. The van der Waals surface area contributed by atoms with E-state index < -0.39 is 5.82 Å². The van der Waals surface area contributed by atoms with E-state index in [-0.39, 0.29) is 10.9 Å². The maximum atomic E-state index is 13.1. The van der Waals surface area contributed by atoms with E-state index in [4.69, 9.17) is 16.3 Å². The van der Waals surface area contributed by atoms with Gasteiger partial charge in [0.15, 0.2) is 0 Å². The monoisotopic (exact) mass is 200 g/mol. The summed E-state index contributed by atoms with van der Waals surface area (Å²) in [4.78, 5) is 3.85. The molecule has 0 N–H and O–H groups in total. The minimum Gasteiger partial charge on any atom is -0.481 e. The van der Waals surface area contributed by atoms with E-state index in [0.717, 1.165) is 0 Å². The van der Waals surface area contributed by atoms with Gasteiger partial charge in [-0.2, -0.15) is 0 Å². The molecular weight excluding hydrogens is 195 g/mol. The normalized spacial score (nSPS) is 10.7. The molecule has 0 radical (unpaired) electrons. The second kappa shape index (κ2) is 2.88. The highest BCUT2D eigenvalue weighted by Gasteiger charge is 2.11. The highest BCUT2D eigenvalue weighted by molar-refractivity contribution is 6.32. The zero-order valence-electron chi connectivity index (χ0n) is 6.79. The van der Waals surface area contributed by atoms with Crippen molar-refractivity contribution in [1.29, 1.82) is 0 Å². The molecule has 2 aromatic rings. The van der Waals surface area contributed by atoms with Crippen molar-refractivity contribution in [3.8, 4) is 5.88 Å². The first-order chi connectivity index (χ1) is 6.24. The molecule has 13 heavy (non-hydrogen) atoms. The van der Waals surface area contributed by atoms with Crippen molar-refractivity contribution in [3.63, 3.8) is 0 Å². The second-order valence-corrected chi connectivity index (χ2v) is 2.88. The van der Waals surface area contributed by atoms with Gasteiger partial charge in [-0.15, -0.1) is 0 Å². The number of rotatable bonds is 1. The number of imidazole rings is 1. The van der Waals surface area contributed by atoms with Crippen molar-refractivity contribution in [2.24, 2.45) is 0 Å². The molecule has 0 saturated heterocycles. The highest BCUT2D eigenvalue weighted by atomic mass is 35.5. The largest absolute Gasteiger partial charge is 0.481 e. The van der Waals surface area contributed by atoms with Crippen molar-refractivity contribution in [2.45, 2.75) is 0 Å². The van der Waals surface area contributed by atoms with E-state index in [1.165, 1.54) is 25.7 Å². The molecule has 0 aliphatic rings. The van der Waals surface area contributed by atoms with Crippen LogP contribution in [0.5, 0.6) is 5.88 Å². The molecule has 3 nitrogen and oxygen atoms in total. The summed E-state index contributed by atoms with van der Waals surface area (Å²) in [7, 11) is 1.43. The Balaban J connectivity index is 2.87. The first-order valence-corrected chi connectivity index (χ1v) is 3.96. The Hall–Kier alpha value is -1.29. The summed E-state index contributed by atoms with van der Waals surface area (Å²) in [6.07, 6.45) is 3.04. The van der Waals surface area contributed by atoms with Crippen molar-refractivity contribution in [3.05, 3.63) is 29.4 Å². The topological polar surface area (TPSA) is 26.5 Å². The van der Waals surface area contributed by atoms with E-state index in [2.05, 4.69) is 4.98 Å². The maximum absolute atomic E-state index is 13.1. The van der Waals surface area contributed by atoms with Gasteiger partial charge in [-0.05, 0) is 0 Å². The number of aromatic nitrogens is 2. The van der Waals surface area contributed by atoms with Crippen molar-refractivity contribution in [2.75, 3.05) is 7.11 Å². The molecule has 2 aromatic heterocycles. The van der Waals surface area contributed by atoms with Gasteiger partial charge in [0, 0.05) is 6.07 Å². The van der Waals surface area contributed by atoms with E-state index >= 15 is 0 Å². The molecule has 5 heteroatoms. The third-order valence-corrected chi connectivity index (χ3v) is 2.09. The van der Waals surface area contributed by atoms with Crippen LogP contribution in [0.3, 0.4) is 0 Å². The quantitative estimate of drug-likeness (QED) is 0.705. The number of methoxy groups -OCH3 is 1. The lowest BCUT2D eigenvalue weighted by Crippen LogP contribution is -1.95. The fraction of sp³-hybridized carbons (Fsp3) is 0.125. The van der Waals surface area contributed by atoms with Crippen LogP contribution in [0.25, 0.3) is 5.52 Å². The Kier molecular flexibility index (Phi) is 1.84. The minimum atomic E-state index is -0.508. The Morgan fingerprint density at radius 2 is 2.38 bits per heavy atom. The van der Waals surface area contributed by atoms with Crippen molar-refractivity contribution >= 4 is 17.1 Å². The van der Waals surface area contributed by atoms with E-state index in [0.29, 0.717) is 5.52 Å². The summed E-state index contributed by atoms with van der Waals surface area (Å²) in [5.41, 5.74) is 0.610. The van der Waals surface area contributed by atoms with E-state index in [9.17, 15) is 4.39 Å². The van der Waals surface area contributed by atoms with Crippen molar-refractivity contribution in [1.82, 2.24) is 9.38 Å². The Morgan fingerprint density at radius 3 is 3.08 bits per heavy atom. The highest BCUT2D eigenvalue weighted by Crippen LogP contribution is 2.28. The van der Waals surface area contributed by atoms with Crippen LogP contribution in [0, 0.1) is 5.82 Å². The van der Waals surface area contributed by atoms with Gasteiger partial charge in [-0.25, -0.2) is 9.37 Å². The number of ether oxygens (including phenoxy) is 1. The molecule has 2 heterocycles. The zero-order valence-corrected chi connectivity index (χ0v) is 7.55. The Bertz CT molecular complexity index is 455. The number of nitrogens with zero attached hydrogens (tertiary/aromatic N) is 2. The fourth-order valence-electron chi connectivity index (χ4n) is 1.17. The van der Waals surface area contributed by atoms with Crippen LogP contribution in [-0.4, -0.2) is 16.5 Å². The lowest BCUT2D eigenvalue weighted by molar-refractivity contribution is 0.389. The molecule has 2 rings (SSSR count). The standard InChI is InChI=1S/C8H6ClFN2O/c1-13-8-7(9)6(10)2-5-3-11-4-12(5)8/h2-4H,1H3. The summed E-state index contributed by atoms with van der Waals surface area (Å²) in [5.74, 6) is -0.249. The second-order valence-electron chi connectivity index (χ2n) is 2.50. The van der Waals surface area contributed by atoms with Crippen LogP contribution >= 0.6 is 11.6 Å². The smallest absolute Gasteiger partial charge is 0.221 e. The predicted octanol–water partition coefficient (Wildman–Crippen LogP) is 2.14. The lowest BCUT2D eigenvalue weighted by atomic mass is 10.4. The van der Waals surface area contributed by atoms with Gasteiger partial charge < -0.3 is 4.74 Å². The first kappa shape index (κ1) is 8.31. The third kappa shape index (κ3) is 1.14. The fourth-order valence-corrected chi connectivity index (χ4v) is 1.39. The lowest BCUT2D eigenvalue weighted by Gasteiger charge is -2.06. The average Bonchev–Trinajstić information content (AvgIpc) is 2.54. The number of hydrogen-bond acceptors (Lipinski definition) is 2. The number of fused-ring (bicyclic) bond motifs is 1. The molecule has 0 aliphatic heterocycles. The van der Waals surface area contributed by atoms with Crippen LogP contribution in [0.1, 0.15) is 0 Å². The molecule has 0 saturated carbocycles. The van der Waals surface area contributed by atoms with E-state index in [1.54, 1.807) is 4.40 Å². The van der Waals surface area contributed by atoms with Crippen molar-refractivity contribution < 1.29 is 9.13 Å². The van der Waals surface area contributed by atoms with E-state index in [1.807, 2.05) is 0 Å². The third-order valence-electron chi connectivity index (χ3n) is 1.75. The maximum Gasteiger partial charge on any atom is 0.221 e. The van der Waals surface area contributed by atoms with Gasteiger partial charge >= 0.3 is 0 Å². The molecule has 0 fully saturated rings. The molecule has 0 unspecified atom stereocenters. The molecule has 0 aliphatic carbocycles. The number of halogens is 2. The van der Waals surface area contributed by atoms with Crippen LogP contribution in [0.2, 0.25) is 5.02 Å². The van der Waals surface area contributed by atoms with Gasteiger partial charge in [-0.1, -0.05) is 11.6 Å². The molecule has 0 aromatic carbocycles. The van der Waals surface area contributed by atoms with Gasteiger partial charge in [0.05, 0.1) is 18.8 Å². The average molecular weight is 201 g/mol. The van der Waals surface area contributed by atoms with Crippen LogP contribution < -0.4 is 4.74 Å². The number of pyridine rings is 1. The van der Waals surface area contributed by atoms with Gasteiger partial charge in [0.1, 0.15) is 17.2 Å². The predicted molar refractivity (Wildman–Crippen MR) is 46.7 cm³/mol. The first-order valence-electron chi connectivity index (χ1n) is 3.58. The summed E-state index contributed by atoms with van der Waals surface area (Å²) >= 11 is 5.68. The minimum absolute atomic E-state index is 0.0343. The van der Waals surface area contributed by atoms with Gasteiger partial charge in [0.2, 0.25) is 5.88 Å².